The molecule has 1 fully saturated rings. The molecule has 3 atom stereocenters. The summed E-state index contributed by atoms with van der Waals surface area (Å²) in [6.07, 6.45) is 1.28. The number of nitrogens with two attached hydrogens (primary N) is 1. The molecule has 1 aliphatic heterocycles. The molecular weight excluding hydrogens is 276 g/mol. The fourth-order valence-electron chi connectivity index (χ4n) is 2.91. The van der Waals surface area contributed by atoms with Crippen LogP contribution in [0.5, 0.6) is 5.75 Å². The molecule has 3 unspecified atom stereocenters. The van der Waals surface area contributed by atoms with Crippen LogP contribution in [0.15, 0.2) is 18.2 Å². The average Bonchev–Trinajstić information content (AvgIpc) is 2.86. The number of rotatable bonds is 5. The smallest absolute Gasteiger partial charge is 0.137 e. The number of ether oxygens (including phenoxy) is 2. The van der Waals surface area contributed by atoms with E-state index in [1.807, 2.05) is 18.2 Å². The largest absolute Gasteiger partial charge is 0.495 e. The topological polar surface area (TPSA) is 47.7 Å². The van der Waals surface area contributed by atoms with E-state index in [1.54, 1.807) is 7.11 Å². The van der Waals surface area contributed by atoms with Gasteiger partial charge in [0.1, 0.15) is 5.75 Å². The maximum Gasteiger partial charge on any atom is 0.137 e. The van der Waals surface area contributed by atoms with Crippen LogP contribution in [0.2, 0.25) is 5.02 Å². The van der Waals surface area contributed by atoms with Gasteiger partial charge in [0.15, 0.2) is 0 Å². The maximum atomic E-state index is 6.21. The molecule has 5 heteroatoms. The molecule has 0 aromatic heterocycles. The van der Waals surface area contributed by atoms with Crippen LogP contribution in [0.1, 0.15) is 24.9 Å². The Balaban J connectivity index is 2.20. The lowest BCUT2D eigenvalue weighted by atomic mass is 10.0. The van der Waals surface area contributed by atoms with Gasteiger partial charge in [-0.3, -0.25) is 4.90 Å². The summed E-state index contributed by atoms with van der Waals surface area (Å²) in [5.74, 6) is 0.686. The van der Waals surface area contributed by atoms with Crippen LogP contribution < -0.4 is 10.5 Å². The van der Waals surface area contributed by atoms with Gasteiger partial charge in [-0.25, -0.2) is 0 Å². The van der Waals surface area contributed by atoms with Crippen LogP contribution in [0.25, 0.3) is 0 Å². The quantitative estimate of drug-likeness (QED) is 0.907. The van der Waals surface area contributed by atoms with E-state index in [9.17, 15) is 0 Å². The Morgan fingerprint density at radius 2 is 2.30 bits per heavy atom. The Morgan fingerprint density at radius 3 is 2.80 bits per heavy atom. The van der Waals surface area contributed by atoms with Crippen molar-refractivity contribution in [2.24, 2.45) is 5.73 Å². The lowest BCUT2D eigenvalue weighted by Gasteiger charge is -2.34. The highest BCUT2D eigenvalue weighted by molar-refractivity contribution is 6.32. The van der Waals surface area contributed by atoms with Gasteiger partial charge in [0.2, 0.25) is 0 Å². The summed E-state index contributed by atoms with van der Waals surface area (Å²) >= 11 is 6.21. The van der Waals surface area contributed by atoms with Crippen molar-refractivity contribution < 1.29 is 9.47 Å². The van der Waals surface area contributed by atoms with Gasteiger partial charge in [-0.2, -0.15) is 0 Å². The van der Waals surface area contributed by atoms with Gasteiger partial charge >= 0.3 is 0 Å². The fourth-order valence-corrected chi connectivity index (χ4v) is 3.18. The van der Waals surface area contributed by atoms with Gasteiger partial charge in [-0.05, 0) is 38.1 Å². The van der Waals surface area contributed by atoms with Crippen LogP contribution in [-0.2, 0) is 4.74 Å². The number of methoxy groups -OCH3 is 1. The molecule has 1 aromatic rings. The number of halogens is 1. The summed E-state index contributed by atoms with van der Waals surface area (Å²) < 4.78 is 10.8. The summed E-state index contributed by atoms with van der Waals surface area (Å²) in [6.45, 7) is 3.47. The Kier molecular flexibility index (Phi) is 5.27. The minimum atomic E-state index is 0.132. The third kappa shape index (κ3) is 3.09. The average molecular weight is 299 g/mol. The highest BCUT2D eigenvalue weighted by Crippen LogP contribution is 2.31. The molecule has 112 valence electrons. The monoisotopic (exact) mass is 298 g/mol. The molecule has 20 heavy (non-hydrogen) atoms. The Hall–Kier alpha value is -0.810. The van der Waals surface area contributed by atoms with E-state index in [0.717, 1.165) is 18.6 Å². The summed E-state index contributed by atoms with van der Waals surface area (Å²) in [5, 5.41) is 0.618. The predicted molar refractivity (Wildman–Crippen MR) is 81.4 cm³/mol. The first kappa shape index (κ1) is 15.6. The van der Waals surface area contributed by atoms with E-state index in [1.165, 1.54) is 0 Å². The summed E-state index contributed by atoms with van der Waals surface area (Å²) in [6, 6.07) is 6.38. The Labute approximate surface area is 125 Å². The van der Waals surface area contributed by atoms with Crippen molar-refractivity contribution in [3.63, 3.8) is 0 Å². The van der Waals surface area contributed by atoms with Crippen LogP contribution >= 0.6 is 11.6 Å². The van der Waals surface area contributed by atoms with Crippen LogP contribution in [0, 0.1) is 0 Å². The van der Waals surface area contributed by atoms with Gasteiger partial charge < -0.3 is 15.2 Å². The fraction of sp³-hybridized carbons (Fsp3) is 0.600. The number of nitrogens with zero attached hydrogens (tertiary/aromatic N) is 1. The standard InChI is InChI=1S/C15H23ClN2O2/c1-10-13(6-7-20-10)18(2)14(9-17)11-4-5-15(19-3)12(16)8-11/h4-5,8,10,13-14H,6-7,9,17H2,1-3H3. The molecule has 0 saturated carbocycles. The second-order valence-electron chi connectivity index (χ2n) is 5.24. The van der Waals surface area contributed by atoms with Crippen molar-refractivity contribution in [2.75, 3.05) is 27.3 Å². The van der Waals surface area contributed by atoms with E-state index >= 15 is 0 Å². The lowest BCUT2D eigenvalue weighted by molar-refractivity contribution is 0.0686. The molecule has 2 N–H and O–H groups in total. The number of benzene rings is 1. The van der Waals surface area contributed by atoms with Crippen LogP contribution in [0.3, 0.4) is 0 Å². The Bertz CT molecular complexity index is 455. The highest BCUT2D eigenvalue weighted by atomic mass is 35.5. The van der Waals surface area contributed by atoms with Gasteiger partial charge in [-0.15, -0.1) is 0 Å². The van der Waals surface area contributed by atoms with Crippen LogP contribution in [0.4, 0.5) is 0 Å². The molecule has 0 aliphatic carbocycles. The van der Waals surface area contributed by atoms with E-state index in [-0.39, 0.29) is 12.1 Å². The van der Waals surface area contributed by atoms with E-state index in [4.69, 9.17) is 26.8 Å². The van der Waals surface area contributed by atoms with Crippen molar-refractivity contribution in [2.45, 2.75) is 31.5 Å². The minimum absolute atomic E-state index is 0.132. The van der Waals surface area contributed by atoms with Gasteiger partial charge in [0.25, 0.3) is 0 Å². The molecule has 0 spiro atoms. The molecule has 4 nitrogen and oxygen atoms in total. The molecule has 1 saturated heterocycles. The zero-order valence-corrected chi connectivity index (χ0v) is 13.1. The molecule has 1 aliphatic rings. The molecule has 0 amide bonds. The number of hydrogen-bond acceptors (Lipinski definition) is 4. The maximum absolute atomic E-state index is 6.21. The normalized spacial score (nSPS) is 24.1. The minimum Gasteiger partial charge on any atom is -0.495 e. The third-order valence-electron chi connectivity index (χ3n) is 4.13. The SMILES string of the molecule is COc1ccc(C(CN)N(C)C2CCOC2C)cc1Cl. The Morgan fingerprint density at radius 1 is 1.55 bits per heavy atom. The second-order valence-corrected chi connectivity index (χ2v) is 5.65. The first-order valence-electron chi connectivity index (χ1n) is 6.95. The van der Waals surface area contributed by atoms with Gasteiger partial charge in [-0.1, -0.05) is 17.7 Å². The van der Waals surface area contributed by atoms with E-state index < -0.39 is 0 Å². The van der Waals surface area contributed by atoms with Crippen molar-refractivity contribution >= 4 is 11.6 Å². The summed E-state index contributed by atoms with van der Waals surface area (Å²) in [5.41, 5.74) is 7.09. The molecule has 2 rings (SSSR count). The third-order valence-corrected chi connectivity index (χ3v) is 4.43. The van der Waals surface area contributed by atoms with E-state index in [2.05, 4.69) is 18.9 Å². The molecular formula is C15H23ClN2O2. The lowest BCUT2D eigenvalue weighted by Crippen LogP contribution is -2.42. The highest BCUT2D eigenvalue weighted by Gasteiger charge is 2.32. The summed E-state index contributed by atoms with van der Waals surface area (Å²) in [4.78, 5) is 2.30. The van der Waals surface area contributed by atoms with E-state index in [0.29, 0.717) is 23.4 Å². The molecule has 1 heterocycles. The first-order chi connectivity index (χ1) is 9.58. The van der Waals surface area contributed by atoms with Crippen molar-refractivity contribution in [3.8, 4) is 5.75 Å². The second kappa shape index (κ2) is 6.76. The molecule has 0 bridgehead atoms. The summed E-state index contributed by atoms with van der Waals surface area (Å²) in [7, 11) is 3.72. The number of hydrogen-bond donors (Lipinski definition) is 1. The zero-order valence-electron chi connectivity index (χ0n) is 12.3. The first-order valence-corrected chi connectivity index (χ1v) is 7.33. The molecule has 1 aromatic carbocycles. The van der Waals surface area contributed by atoms with Crippen LogP contribution in [-0.4, -0.2) is 44.4 Å². The van der Waals surface area contributed by atoms with Crippen molar-refractivity contribution in [1.29, 1.82) is 0 Å². The zero-order chi connectivity index (χ0) is 14.7. The predicted octanol–water partition coefficient (Wildman–Crippen LogP) is 2.46. The van der Waals surface area contributed by atoms with Crippen molar-refractivity contribution in [1.82, 2.24) is 4.90 Å². The molecule has 0 radical (unpaired) electrons. The van der Waals surface area contributed by atoms with Gasteiger partial charge in [0, 0.05) is 25.2 Å². The number of likely N-dealkylation sites (N-methyl/N-ethyl adjacent to an activating group) is 1. The van der Waals surface area contributed by atoms with Crippen molar-refractivity contribution in [3.05, 3.63) is 28.8 Å². The van der Waals surface area contributed by atoms with Gasteiger partial charge in [0.05, 0.1) is 18.2 Å².